The van der Waals surface area contributed by atoms with Crippen molar-refractivity contribution in [3.8, 4) is 23.6 Å². The Morgan fingerprint density at radius 3 is 2.58 bits per heavy atom. The number of aromatic nitrogens is 5. The summed E-state index contributed by atoms with van der Waals surface area (Å²) < 4.78 is 34.9. The van der Waals surface area contributed by atoms with Gasteiger partial charge in [-0.05, 0) is 54.5 Å². The summed E-state index contributed by atoms with van der Waals surface area (Å²) in [7, 11) is 0. The Morgan fingerprint density at radius 2 is 1.93 bits per heavy atom. The summed E-state index contributed by atoms with van der Waals surface area (Å²) in [6.07, 6.45) is 4.17. The number of nitrogens with zero attached hydrogens (tertiary/aromatic N) is 7. The van der Waals surface area contributed by atoms with Gasteiger partial charge in [0.2, 0.25) is 5.89 Å². The van der Waals surface area contributed by atoms with Gasteiger partial charge in [-0.1, -0.05) is 38.1 Å². The van der Waals surface area contributed by atoms with Gasteiger partial charge in [-0.15, -0.1) is 5.10 Å². The summed E-state index contributed by atoms with van der Waals surface area (Å²) in [5, 5.41) is 35.9. The zero-order valence-corrected chi connectivity index (χ0v) is 25.3. The Morgan fingerprint density at radius 1 is 1.13 bits per heavy atom. The van der Waals surface area contributed by atoms with Crippen LogP contribution in [-0.2, 0) is 5.54 Å². The number of hydrogen-bond acceptors (Lipinski definition) is 9. The Balaban J connectivity index is 1.52. The molecule has 1 saturated carbocycles. The third-order valence-corrected chi connectivity index (χ3v) is 8.10. The maximum absolute atomic E-state index is 14.0. The molecule has 12 heteroatoms. The fourth-order valence-electron chi connectivity index (χ4n) is 5.43. The number of anilines is 2. The van der Waals surface area contributed by atoms with Crippen molar-refractivity contribution in [2.24, 2.45) is 5.41 Å². The van der Waals surface area contributed by atoms with Crippen LogP contribution < -0.4 is 10.6 Å². The number of benzene rings is 2. The fraction of sp³-hybridized carbons (Fsp3) is 0.333. The minimum absolute atomic E-state index is 0.0876. The Hall–Kier alpha value is -5.36. The van der Waals surface area contributed by atoms with E-state index in [2.05, 4.69) is 63.8 Å². The Bertz CT molecular complexity index is 1960. The first-order valence-electron chi connectivity index (χ1n) is 14.5. The van der Waals surface area contributed by atoms with E-state index in [1.54, 1.807) is 24.5 Å². The van der Waals surface area contributed by atoms with Gasteiger partial charge in [0.05, 0.1) is 52.5 Å². The molecule has 5 aromatic rings. The summed E-state index contributed by atoms with van der Waals surface area (Å²) in [6, 6.07) is 12.8. The van der Waals surface area contributed by atoms with Crippen LogP contribution in [0.25, 0.3) is 22.4 Å². The largest absolute Gasteiger partial charge is 0.445 e. The maximum atomic E-state index is 14.0. The van der Waals surface area contributed by atoms with Gasteiger partial charge in [-0.2, -0.15) is 10.5 Å². The Labute approximate surface area is 258 Å². The van der Waals surface area contributed by atoms with E-state index in [0.29, 0.717) is 64.4 Å². The first kappa shape index (κ1) is 29.7. The van der Waals surface area contributed by atoms with Crippen molar-refractivity contribution in [1.29, 1.82) is 10.5 Å². The SMILES string of the molecule is Cc1c(-c2ncco2)cccc1[C@H](Nc1cc(C#N)cc2c(NCC(C)(C)C)c(C#N)cnc12)c1cn(C2(C(F)F)CC2)nn1. The third kappa shape index (κ3) is 5.55. The number of nitrogens with one attached hydrogen (secondary N) is 2. The highest BCUT2D eigenvalue weighted by Gasteiger charge is 2.54. The van der Waals surface area contributed by atoms with Gasteiger partial charge in [-0.3, -0.25) is 4.98 Å². The predicted molar refractivity (Wildman–Crippen MR) is 164 cm³/mol. The molecule has 1 aliphatic carbocycles. The van der Waals surface area contributed by atoms with Gasteiger partial charge >= 0.3 is 0 Å². The van der Waals surface area contributed by atoms with Crippen LogP contribution in [0.5, 0.6) is 0 Å². The normalized spacial score (nSPS) is 14.6. The molecule has 3 heterocycles. The van der Waals surface area contributed by atoms with E-state index in [1.807, 2.05) is 25.1 Å². The van der Waals surface area contributed by atoms with Crippen molar-refractivity contribution >= 4 is 22.3 Å². The van der Waals surface area contributed by atoms with E-state index in [9.17, 15) is 19.3 Å². The lowest BCUT2D eigenvalue weighted by molar-refractivity contribution is 0.0593. The molecule has 10 nitrogen and oxygen atoms in total. The molecule has 0 aliphatic heterocycles. The summed E-state index contributed by atoms with van der Waals surface area (Å²) in [4.78, 5) is 8.94. The highest BCUT2D eigenvalue weighted by atomic mass is 19.3. The van der Waals surface area contributed by atoms with Crippen LogP contribution in [0.15, 0.2) is 59.6 Å². The van der Waals surface area contributed by atoms with E-state index < -0.39 is 18.0 Å². The van der Waals surface area contributed by atoms with Crippen LogP contribution in [0.1, 0.15) is 67.6 Å². The van der Waals surface area contributed by atoms with E-state index >= 15 is 0 Å². The van der Waals surface area contributed by atoms with Gasteiger partial charge in [0, 0.05) is 23.7 Å². The second kappa shape index (κ2) is 11.3. The van der Waals surface area contributed by atoms with Crippen molar-refractivity contribution in [2.45, 2.75) is 58.5 Å². The topological polar surface area (TPSA) is 141 Å². The average molecular weight is 608 g/mol. The van der Waals surface area contributed by atoms with E-state index in [-0.39, 0.29) is 5.41 Å². The number of halogens is 2. The molecule has 2 aromatic carbocycles. The predicted octanol–water partition coefficient (Wildman–Crippen LogP) is 6.95. The Kier molecular flexibility index (Phi) is 7.45. The van der Waals surface area contributed by atoms with Gasteiger partial charge in [-0.25, -0.2) is 18.4 Å². The van der Waals surface area contributed by atoms with Crippen molar-refractivity contribution in [1.82, 2.24) is 25.0 Å². The highest BCUT2D eigenvalue weighted by molar-refractivity contribution is 6.01. The van der Waals surface area contributed by atoms with Crippen LogP contribution in [0.4, 0.5) is 20.2 Å². The standard InChI is InChI=1S/C33H31F2N9O/c1-19-22(6-5-7-23(19)30-38-10-11-45-30)29(26-17-44(43-42-26)33(8-9-33)31(34)35)41-25-13-20(14-36)12-24-27(40-18-32(2,3)4)21(15-37)16-39-28(24)25/h5-7,10-13,16-17,29,31,41H,8-9,18H2,1-4H3,(H,39,40)/t29-/m0/s1. The van der Waals surface area contributed by atoms with Crippen molar-refractivity contribution in [3.63, 3.8) is 0 Å². The number of nitriles is 2. The summed E-state index contributed by atoms with van der Waals surface area (Å²) in [5.41, 5.74) is 3.62. The minimum Gasteiger partial charge on any atom is -0.445 e. The quantitative estimate of drug-likeness (QED) is 0.182. The van der Waals surface area contributed by atoms with Crippen LogP contribution >= 0.6 is 0 Å². The van der Waals surface area contributed by atoms with Crippen LogP contribution in [-0.4, -0.2) is 37.9 Å². The number of fused-ring (bicyclic) bond motifs is 1. The van der Waals surface area contributed by atoms with Crippen molar-refractivity contribution < 1.29 is 13.2 Å². The van der Waals surface area contributed by atoms with Crippen molar-refractivity contribution in [2.75, 3.05) is 17.2 Å². The highest BCUT2D eigenvalue weighted by Crippen LogP contribution is 2.48. The zero-order chi connectivity index (χ0) is 31.9. The monoisotopic (exact) mass is 607 g/mol. The molecule has 0 bridgehead atoms. The van der Waals surface area contributed by atoms with Crippen LogP contribution in [0.2, 0.25) is 0 Å². The summed E-state index contributed by atoms with van der Waals surface area (Å²) >= 11 is 0. The fourth-order valence-corrected chi connectivity index (χ4v) is 5.43. The molecule has 1 fully saturated rings. The molecule has 0 saturated heterocycles. The second-order valence-electron chi connectivity index (χ2n) is 12.5. The van der Waals surface area contributed by atoms with Crippen molar-refractivity contribution in [3.05, 3.63) is 83.1 Å². The molecule has 0 spiro atoms. The van der Waals surface area contributed by atoms with Gasteiger partial charge in [0.25, 0.3) is 6.43 Å². The van der Waals surface area contributed by atoms with Gasteiger partial charge in [0.15, 0.2) is 0 Å². The number of pyridine rings is 1. The zero-order valence-electron chi connectivity index (χ0n) is 25.3. The molecule has 0 amide bonds. The lowest BCUT2D eigenvalue weighted by atomic mass is 9.94. The van der Waals surface area contributed by atoms with Crippen LogP contribution in [0, 0.1) is 35.0 Å². The van der Waals surface area contributed by atoms with Gasteiger partial charge in [0.1, 0.15) is 23.6 Å². The smallest absolute Gasteiger partial charge is 0.263 e. The molecule has 3 aromatic heterocycles. The third-order valence-electron chi connectivity index (χ3n) is 8.10. The molecule has 0 radical (unpaired) electrons. The number of alkyl halides is 2. The average Bonchev–Trinajstić information content (AvgIpc) is 3.39. The lowest BCUT2D eigenvalue weighted by Gasteiger charge is -2.24. The molecule has 1 atom stereocenters. The molecular weight excluding hydrogens is 576 g/mol. The molecule has 0 unspecified atom stereocenters. The molecular formula is C33H31F2N9O. The van der Waals surface area contributed by atoms with E-state index in [1.165, 1.54) is 17.1 Å². The number of oxazole rings is 1. The van der Waals surface area contributed by atoms with Gasteiger partial charge < -0.3 is 15.1 Å². The first-order chi connectivity index (χ1) is 21.5. The molecule has 2 N–H and O–H groups in total. The second-order valence-corrected chi connectivity index (χ2v) is 12.5. The van der Waals surface area contributed by atoms with Crippen LogP contribution in [0.3, 0.4) is 0 Å². The lowest BCUT2D eigenvalue weighted by Crippen LogP contribution is -2.26. The van der Waals surface area contributed by atoms with E-state index in [0.717, 1.165) is 16.7 Å². The van der Waals surface area contributed by atoms with E-state index in [4.69, 9.17) is 4.42 Å². The minimum atomic E-state index is -2.58. The number of rotatable bonds is 9. The molecule has 1 aliphatic rings. The summed E-state index contributed by atoms with van der Waals surface area (Å²) in [6.45, 7) is 8.73. The summed E-state index contributed by atoms with van der Waals surface area (Å²) in [5.74, 6) is 0.434. The molecule has 45 heavy (non-hydrogen) atoms. The molecule has 6 rings (SSSR count). The number of hydrogen-bond donors (Lipinski definition) is 2. The maximum Gasteiger partial charge on any atom is 0.263 e. The molecule has 228 valence electrons. The first-order valence-corrected chi connectivity index (χ1v) is 14.5.